The molecule has 3 atom stereocenters. The fourth-order valence-corrected chi connectivity index (χ4v) is 2.61. The van der Waals surface area contributed by atoms with Crippen molar-refractivity contribution in [1.29, 1.82) is 0 Å². The maximum atomic E-state index is 5.52. The summed E-state index contributed by atoms with van der Waals surface area (Å²) in [5.41, 5.74) is 0. The molecule has 1 heterocycles. The third-order valence-electron chi connectivity index (χ3n) is 2.77. The van der Waals surface area contributed by atoms with Crippen LogP contribution in [0.25, 0.3) is 0 Å². The Balaban J connectivity index is 2.09. The molecule has 0 aromatic heterocycles. The van der Waals surface area contributed by atoms with Gasteiger partial charge in [0.25, 0.3) is 0 Å². The average Bonchev–Trinajstić information content (AvgIpc) is 2.52. The van der Waals surface area contributed by atoms with Crippen molar-refractivity contribution in [2.75, 3.05) is 18.1 Å². The van der Waals surface area contributed by atoms with Crippen molar-refractivity contribution in [2.24, 2.45) is 0 Å². The Morgan fingerprint density at radius 1 is 1.57 bits per heavy atom. The minimum atomic E-state index is 0.399. The van der Waals surface area contributed by atoms with E-state index in [2.05, 4.69) is 26.1 Å². The number of hydrogen-bond donors (Lipinski definition) is 1. The lowest BCUT2D eigenvalue weighted by Crippen LogP contribution is -2.40. The summed E-state index contributed by atoms with van der Waals surface area (Å²) in [4.78, 5) is 0. The molecule has 0 bridgehead atoms. The van der Waals surface area contributed by atoms with Crippen molar-refractivity contribution in [3.63, 3.8) is 0 Å². The highest BCUT2D eigenvalue weighted by Crippen LogP contribution is 2.14. The second-order valence-electron chi connectivity index (χ2n) is 4.02. The lowest BCUT2D eigenvalue weighted by atomic mass is 10.1. The topological polar surface area (TPSA) is 21.3 Å². The van der Waals surface area contributed by atoms with Crippen LogP contribution in [-0.2, 0) is 4.74 Å². The van der Waals surface area contributed by atoms with E-state index in [0.29, 0.717) is 18.2 Å². The van der Waals surface area contributed by atoms with Gasteiger partial charge < -0.3 is 10.1 Å². The van der Waals surface area contributed by atoms with Crippen molar-refractivity contribution in [2.45, 2.75) is 51.8 Å². The Morgan fingerprint density at radius 3 is 2.93 bits per heavy atom. The van der Waals surface area contributed by atoms with Gasteiger partial charge in [0.2, 0.25) is 0 Å². The summed E-state index contributed by atoms with van der Waals surface area (Å²) >= 11 is 2.02. The largest absolute Gasteiger partial charge is 0.377 e. The number of hydrogen-bond acceptors (Lipinski definition) is 3. The van der Waals surface area contributed by atoms with Crippen LogP contribution in [0.3, 0.4) is 0 Å². The molecular weight excluding hydrogens is 194 g/mol. The van der Waals surface area contributed by atoms with E-state index in [-0.39, 0.29) is 0 Å². The molecular formula is C11H23NOS. The summed E-state index contributed by atoms with van der Waals surface area (Å²) in [6.45, 7) is 7.59. The smallest absolute Gasteiger partial charge is 0.0700 e. The maximum Gasteiger partial charge on any atom is 0.0700 e. The minimum Gasteiger partial charge on any atom is -0.377 e. The zero-order valence-electron chi connectivity index (χ0n) is 9.58. The van der Waals surface area contributed by atoms with Crippen molar-refractivity contribution >= 4 is 11.8 Å². The third kappa shape index (κ3) is 4.20. The molecule has 1 aliphatic rings. The van der Waals surface area contributed by atoms with E-state index in [1.165, 1.54) is 24.3 Å². The van der Waals surface area contributed by atoms with Crippen LogP contribution in [0.15, 0.2) is 0 Å². The van der Waals surface area contributed by atoms with Gasteiger partial charge in [-0.2, -0.15) is 11.8 Å². The molecule has 0 aromatic carbocycles. The first-order chi connectivity index (χ1) is 6.74. The Hall–Kier alpha value is 0.270. The van der Waals surface area contributed by atoms with Gasteiger partial charge in [0.05, 0.1) is 6.10 Å². The standard InChI is InChI=1S/C11H23NOS/c1-4-14-8-6-9(2)12-11-5-7-13-10(11)3/h9-12H,4-8H2,1-3H3. The molecule has 0 spiro atoms. The maximum absolute atomic E-state index is 5.52. The molecule has 1 aliphatic heterocycles. The SMILES string of the molecule is CCSCCC(C)NC1CCOC1C. The van der Waals surface area contributed by atoms with E-state index in [9.17, 15) is 0 Å². The van der Waals surface area contributed by atoms with E-state index >= 15 is 0 Å². The van der Waals surface area contributed by atoms with Gasteiger partial charge in [-0.1, -0.05) is 6.92 Å². The first-order valence-corrected chi connectivity index (χ1v) is 6.85. The first kappa shape index (κ1) is 12.3. The highest BCUT2D eigenvalue weighted by Gasteiger charge is 2.24. The van der Waals surface area contributed by atoms with Crippen LogP contribution in [0.4, 0.5) is 0 Å². The van der Waals surface area contributed by atoms with Gasteiger partial charge in [-0.3, -0.25) is 0 Å². The summed E-state index contributed by atoms with van der Waals surface area (Å²) in [5.74, 6) is 2.50. The summed E-state index contributed by atoms with van der Waals surface area (Å²) in [6, 6.07) is 1.21. The highest BCUT2D eigenvalue weighted by molar-refractivity contribution is 7.99. The minimum absolute atomic E-state index is 0.399. The van der Waals surface area contributed by atoms with E-state index in [1.54, 1.807) is 0 Å². The van der Waals surface area contributed by atoms with Gasteiger partial charge in [0, 0.05) is 18.7 Å². The lowest BCUT2D eigenvalue weighted by Gasteiger charge is -2.21. The molecule has 1 N–H and O–H groups in total. The second kappa shape index (κ2) is 6.70. The Kier molecular flexibility index (Phi) is 5.90. The Labute approximate surface area is 92.2 Å². The van der Waals surface area contributed by atoms with Crippen LogP contribution in [-0.4, -0.2) is 36.3 Å². The molecule has 1 saturated heterocycles. The van der Waals surface area contributed by atoms with Gasteiger partial charge in [0.1, 0.15) is 0 Å². The molecule has 0 radical (unpaired) electrons. The van der Waals surface area contributed by atoms with Crippen LogP contribution in [0.2, 0.25) is 0 Å². The average molecular weight is 217 g/mol. The Bertz CT molecular complexity index is 154. The molecule has 84 valence electrons. The number of thioether (sulfide) groups is 1. The zero-order valence-corrected chi connectivity index (χ0v) is 10.4. The molecule has 1 rings (SSSR count). The molecule has 0 aliphatic carbocycles. The zero-order chi connectivity index (χ0) is 10.4. The van der Waals surface area contributed by atoms with Gasteiger partial charge in [-0.25, -0.2) is 0 Å². The van der Waals surface area contributed by atoms with Crippen LogP contribution in [0.5, 0.6) is 0 Å². The van der Waals surface area contributed by atoms with Crippen molar-refractivity contribution in [3.8, 4) is 0 Å². The van der Waals surface area contributed by atoms with E-state index in [4.69, 9.17) is 4.74 Å². The van der Waals surface area contributed by atoms with Crippen molar-refractivity contribution < 1.29 is 4.74 Å². The normalized spacial score (nSPS) is 29.4. The summed E-state index contributed by atoms with van der Waals surface area (Å²) in [7, 11) is 0. The lowest BCUT2D eigenvalue weighted by molar-refractivity contribution is 0.111. The molecule has 0 amide bonds. The quantitative estimate of drug-likeness (QED) is 0.690. The summed E-state index contributed by atoms with van der Waals surface area (Å²) in [6.07, 6.45) is 2.84. The van der Waals surface area contributed by atoms with E-state index < -0.39 is 0 Å². The van der Waals surface area contributed by atoms with Crippen LogP contribution >= 0.6 is 11.8 Å². The molecule has 0 aromatic rings. The van der Waals surface area contributed by atoms with E-state index in [0.717, 1.165) is 6.61 Å². The van der Waals surface area contributed by atoms with Crippen LogP contribution in [0, 0.1) is 0 Å². The summed E-state index contributed by atoms with van der Waals surface area (Å²) in [5, 5.41) is 3.65. The molecule has 2 nitrogen and oxygen atoms in total. The monoisotopic (exact) mass is 217 g/mol. The second-order valence-corrected chi connectivity index (χ2v) is 5.42. The van der Waals surface area contributed by atoms with Gasteiger partial charge in [-0.15, -0.1) is 0 Å². The summed E-state index contributed by atoms with van der Waals surface area (Å²) < 4.78 is 5.52. The molecule has 3 heteroatoms. The Morgan fingerprint density at radius 2 is 2.36 bits per heavy atom. The van der Waals surface area contributed by atoms with Crippen LogP contribution in [0.1, 0.15) is 33.6 Å². The molecule has 3 unspecified atom stereocenters. The predicted molar refractivity (Wildman–Crippen MR) is 64.0 cm³/mol. The fourth-order valence-electron chi connectivity index (χ4n) is 1.80. The predicted octanol–water partition coefficient (Wildman–Crippen LogP) is 2.29. The molecule has 0 saturated carbocycles. The third-order valence-corrected chi connectivity index (χ3v) is 3.71. The number of ether oxygens (including phenoxy) is 1. The van der Waals surface area contributed by atoms with Gasteiger partial charge in [0.15, 0.2) is 0 Å². The molecule has 14 heavy (non-hydrogen) atoms. The number of rotatable bonds is 6. The van der Waals surface area contributed by atoms with Gasteiger partial charge >= 0.3 is 0 Å². The van der Waals surface area contributed by atoms with Gasteiger partial charge in [-0.05, 0) is 38.2 Å². The highest BCUT2D eigenvalue weighted by atomic mass is 32.2. The molecule has 1 fully saturated rings. The number of nitrogens with one attached hydrogen (secondary N) is 1. The van der Waals surface area contributed by atoms with Crippen molar-refractivity contribution in [1.82, 2.24) is 5.32 Å². The fraction of sp³-hybridized carbons (Fsp3) is 1.00. The first-order valence-electron chi connectivity index (χ1n) is 5.69. The van der Waals surface area contributed by atoms with Crippen molar-refractivity contribution in [3.05, 3.63) is 0 Å². The van der Waals surface area contributed by atoms with Crippen LogP contribution < -0.4 is 5.32 Å². The van der Waals surface area contributed by atoms with E-state index in [1.807, 2.05) is 11.8 Å².